The van der Waals surface area contributed by atoms with Crippen molar-refractivity contribution in [3.05, 3.63) is 90.2 Å². The van der Waals surface area contributed by atoms with E-state index in [1.165, 1.54) is 36.4 Å². The van der Waals surface area contributed by atoms with E-state index in [9.17, 15) is 17.6 Å². The van der Waals surface area contributed by atoms with Crippen LogP contribution in [0, 0.1) is 12.7 Å². The highest BCUT2D eigenvalue weighted by Crippen LogP contribution is 2.34. The van der Waals surface area contributed by atoms with Gasteiger partial charge in [0.15, 0.2) is 10.7 Å². The molecule has 0 aliphatic carbocycles. The number of anilines is 4. The number of halogens is 1. The molecule has 0 fully saturated rings. The molecule has 0 unspecified atom stereocenters. The predicted molar refractivity (Wildman–Crippen MR) is 128 cm³/mol. The Kier molecular flexibility index (Phi) is 6.33. The molecule has 4 N–H and O–H groups in total. The molecule has 1 amide bonds. The van der Waals surface area contributed by atoms with E-state index in [0.29, 0.717) is 5.69 Å². The summed E-state index contributed by atoms with van der Waals surface area (Å²) < 4.78 is 41.4. The number of aromatic nitrogens is 2. The molecule has 34 heavy (non-hydrogen) atoms. The number of hydrogen-bond donors (Lipinski definition) is 3. The van der Waals surface area contributed by atoms with Crippen LogP contribution in [0.4, 0.5) is 27.4 Å². The molecular weight excluding hydrogens is 457 g/mol. The molecule has 0 aliphatic rings. The van der Waals surface area contributed by atoms with Gasteiger partial charge in [-0.05, 0) is 49.4 Å². The number of hydrogen-bond acceptors (Lipinski definition) is 6. The quantitative estimate of drug-likeness (QED) is 0.367. The van der Waals surface area contributed by atoms with Crippen LogP contribution in [0.3, 0.4) is 0 Å². The van der Waals surface area contributed by atoms with Gasteiger partial charge in [-0.15, -0.1) is 0 Å². The van der Waals surface area contributed by atoms with Gasteiger partial charge < -0.3 is 16.4 Å². The van der Waals surface area contributed by atoms with E-state index in [4.69, 9.17) is 5.73 Å². The number of carbonyl (C=O) groups excluding carboxylic acids is 1. The lowest BCUT2D eigenvalue weighted by atomic mass is 10.2. The molecule has 0 aliphatic heterocycles. The topological polar surface area (TPSA) is 119 Å². The van der Waals surface area contributed by atoms with Crippen LogP contribution in [-0.2, 0) is 21.2 Å². The molecule has 1 aromatic heterocycles. The third kappa shape index (κ3) is 4.91. The molecule has 0 bridgehead atoms. The van der Waals surface area contributed by atoms with Crippen molar-refractivity contribution >= 4 is 38.8 Å². The molecule has 0 radical (unpaired) electrons. The molecular formula is C24H22FN5O3S. The minimum atomic E-state index is -4.06. The molecule has 4 rings (SSSR count). The smallest absolute Gasteiger partial charge is 0.246 e. The van der Waals surface area contributed by atoms with Gasteiger partial charge in [-0.2, -0.15) is 5.10 Å². The monoisotopic (exact) mass is 479 g/mol. The van der Waals surface area contributed by atoms with E-state index >= 15 is 0 Å². The maximum atomic E-state index is 13.4. The zero-order chi connectivity index (χ0) is 24.3. The summed E-state index contributed by atoms with van der Waals surface area (Å²) >= 11 is 0. The number of nitrogen functional groups attached to an aromatic ring is 1. The largest absolute Gasteiger partial charge is 0.383 e. The van der Waals surface area contributed by atoms with Gasteiger partial charge in [0.05, 0.1) is 4.90 Å². The van der Waals surface area contributed by atoms with Crippen molar-refractivity contribution in [3.63, 3.8) is 0 Å². The summed E-state index contributed by atoms with van der Waals surface area (Å²) in [6, 6.07) is 20.5. The average Bonchev–Trinajstić information content (AvgIpc) is 3.11. The van der Waals surface area contributed by atoms with Crippen LogP contribution in [0.2, 0.25) is 0 Å². The third-order valence-corrected chi connectivity index (χ3v) is 6.82. The van der Waals surface area contributed by atoms with Crippen molar-refractivity contribution in [2.75, 3.05) is 16.4 Å². The van der Waals surface area contributed by atoms with Gasteiger partial charge in [-0.25, -0.2) is 17.5 Å². The second kappa shape index (κ2) is 9.36. The summed E-state index contributed by atoms with van der Waals surface area (Å²) in [6.45, 7) is 1.55. The first-order valence-electron chi connectivity index (χ1n) is 10.3. The Hall–Kier alpha value is -4.18. The molecule has 8 nitrogen and oxygen atoms in total. The van der Waals surface area contributed by atoms with Gasteiger partial charge in [0.2, 0.25) is 15.7 Å². The van der Waals surface area contributed by atoms with Gasteiger partial charge >= 0.3 is 0 Å². The van der Waals surface area contributed by atoms with Crippen LogP contribution >= 0.6 is 0 Å². The first-order chi connectivity index (χ1) is 16.2. The highest BCUT2D eigenvalue weighted by molar-refractivity contribution is 7.91. The average molecular weight is 480 g/mol. The summed E-state index contributed by atoms with van der Waals surface area (Å²) in [6.07, 6.45) is 0. The Morgan fingerprint density at radius 1 is 1.00 bits per heavy atom. The molecule has 10 heteroatoms. The second-order valence-electron chi connectivity index (χ2n) is 7.59. The van der Waals surface area contributed by atoms with Crippen molar-refractivity contribution in [1.29, 1.82) is 0 Å². The standard InChI is InChI=1S/C24H22FN5O3S/c1-16-10-12-18(13-11-16)28-24-22(34(32,33)20-8-3-2-4-9-20)23(26)30(29-24)15-21(31)27-19-7-5-6-17(25)14-19/h2-14H,15,26H2,1H3,(H,27,31)(H,28,29). The van der Waals surface area contributed by atoms with Crippen molar-refractivity contribution in [2.24, 2.45) is 0 Å². The predicted octanol–water partition coefficient (Wildman–Crippen LogP) is 4.13. The van der Waals surface area contributed by atoms with Crippen LogP contribution in [0.1, 0.15) is 5.56 Å². The first kappa shape index (κ1) is 23.0. The Morgan fingerprint density at radius 3 is 2.38 bits per heavy atom. The Morgan fingerprint density at radius 2 is 1.71 bits per heavy atom. The lowest BCUT2D eigenvalue weighted by molar-refractivity contribution is -0.116. The maximum Gasteiger partial charge on any atom is 0.246 e. The minimum Gasteiger partial charge on any atom is -0.383 e. The fraction of sp³-hybridized carbons (Fsp3) is 0.0833. The summed E-state index contributed by atoms with van der Waals surface area (Å²) in [5.41, 5.74) is 8.10. The normalized spacial score (nSPS) is 11.2. The maximum absolute atomic E-state index is 13.4. The van der Waals surface area contributed by atoms with Crippen molar-refractivity contribution < 1.29 is 17.6 Å². The Balaban J connectivity index is 1.71. The first-order valence-corrected chi connectivity index (χ1v) is 11.8. The Bertz CT molecular complexity index is 1440. The van der Waals surface area contributed by atoms with Crippen LogP contribution < -0.4 is 16.4 Å². The van der Waals surface area contributed by atoms with Crippen molar-refractivity contribution in [1.82, 2.24) is 9.78 Å². The summed E-state index contributed by atoms with van der Waals surface area (Å²) in [4.78, 5) is 12.4. The lowest BCUT2D eigenvalue weighted by Crippen LogP contribution is -2.21. The fourth-order valence-corrected chi connectivity index (χ4v) is 4.80. The number of amides is 1. The second-order valence-corrected chi connectivity index (χ2v) is 9.47. The van der Waals surface area contributed by atoms with Crippen LogP contribution in [0.5, 0.6) is 0 Å². The SMILES string of the molecule is Cc1ccc(Nc2nn(CC(=O)Nc3cccc(F)c3)c(N)c2S(=O)(=O)c2ccccc2)cc1. The van der Waals surface area contributed by atoms with E-state index in [0.717, 1.165) is 10.2 Å². The number of carbonyl (C=O) groups is 1. The summed E-state index contributed by atoms with van der Waals surface area (Å²) in [7, 11) is -4.06. The molecule has 0 atom stereocenters. The molecule has 4 aromatic rings. The zero-order valence-corrected chi connectivity index (χ0v) is 19.0. The molecule has 3 aromatic carbocycles. The fourth-order valence-electron chi connectivity index (χ4n) is 3.32. The third-order valence-electron chi connectivity index (χ3n) is 4.98. The number of benzene rings is 3. The van der Waals surface area contributed by atoms with Crippen LogP contribution in [0.25, 0.3) is 0 Å². The molecule has 0 spiro atoms. The van der Waals surface area contributed by atoms with E-state index in [1.807, 2.05) is 19.1 Å². The van der Waals surface area contributed by atoms with E-state index < -0.39 is 21.6 Å². The zero-order valence-electron chi connectivity index (χ0n) is 18.2. The number of nitrogens with zero attached hydrogens (tertiary/aromatic N) is 2. The van der Waals surface area contributed by atoms with Gasteiger partial charge in [-0.3, -0.25) is 4.79 Å². The van der Waals surface area contributed by atoms with Crippen LogP contribution in [-0.4, -0.2) is 24.1 Å². The number of nitrogens with one attached hydrogen (secondary N) is 2. The molecule has 1 heterocycles. The summed E-state index contributed by atoms with van der Waals surface area (Å²) in [5, 5.41) is 9.83. The number of aryl methyl sites for hydroxylation is 1. The number of nitrogens with two attached hydrogens (primary N) is 1. The minimum absolute atomic E-state index is 0.0104. The van der Waals surface area contributed by atoms with Gasteiger partial charge in [0.25, 0.3) is 0 Å². The molecule has 174 valence electrons. The van der Waals surface area contributed by atoms with E-state index in [-0.39, 0.29) is 33.7 Å². The van der Waals surface area contributed by atoms with Gasteiger partial charge in [0, 0.05) is 11.4 Å². The van der Waals surface area contributed by atoms with Crippen molar-refractivity contribution in [2.45, 2.75) is 23.3 Å². The highest BCUT2D eigenvalue weighted by Gasteiger charge is 2.30. The number of sulfone groups is 1. The highest BCUT2D eigenvalue weighted by atomic mass is 32.2. The lowest BCUT2D eigenvalue weighted by Gasteiger charge is -2.08. The van der Waals surface area contributed by atoms with E-state index in [2.05, 4.69) is 15.7 Å². The Labute approximate surface area is 196 Å². The molecule has 0 saturated carbocycles. The van der Waals surface area contributed by atoms with E-state index in [1.54, 1.807) is 30.3 Å². The van der Waals surface area contributed by atoms with Gasteiger partial charge in [0.1, 0.15) is 18.2 Å². The summed E-state index contributed by atoms with van der Waals surface area (Å²) in [5.74, 6) is -1.26. The van der Waals surface area contributed by atoms with Crippen LogP contribution in [0.15, 0.2) is 88.7 Å². The molecule has 0 saturated heterocycles. The number of rotatable bonds is 7. The van der Waals surface area contributed by atoms with Gasteiger partial charge in [-0.1, -0.05) is 42.0 Å². The van der Waals surface area contributed by atoms with Crippen molar-refractivity contribution in [3.8, 4) is 0 Å².